The van der Waals surface area contributed by atoms with E-state index in [-0.39, 0.29) is 27.4 Å². The summed E-state index contributed by atoms with van der Waals surface area (Å²) in [6, 6.07) is 4.24. The molecule has 0 radical (unpaired) electrons. The van der Waals surface area contributed by atoms with Crippen molar-refractivity contribution in [1.82, 2.24) is 5.01 Å². The van der Waals surface area contributed by atoms with E-state index in [2.05, 4.69) is 5.10 Å². The highest BCUT2D eigenvalue weighted by atomic mass is 35.5. The third-order valence-corrected chi connectivity index (χ3v) is 5.55. The molecule has 1 aromatic rings. The van der Waals surface area contributed by atoms with E-state index in [0.717, 1.165) is 19.3 Å². The fourth-order valence-corrected chi connectivity index (χ4v) is 3.97. The minimum atomic E-state index is -5.06. The number of hydrazone groups is 1. The summed E-state index contributed by atoms with van der Waals surface area (Å²) in [7, 11) is 0. The van der Waals surface area contributed by atoms with E-state index >= 15 is 0 Å². The van der Waals surface area contributed by atoms with Crippen LogP contribution in [0.2, 0.25) is 10.0 Å². The second-order valence-electron chi connectivity index (χ2n) is 6.99. The average Bonchev–Trinajstić information content (AvgIpc) is 3.00. The Kier molecular flexibility index (Phi) is 6.12. The van der Waals surface area contributed by atoms with E-state index in [4.69, 9.17) is 27.9 Å². The molecule has 5 nitrogen and oxygen atoms in total. The topological polar surface area (TPSA) is 62.1 Å². The minimum Gasteiger partial charge on any atom is -0.482 e. The van der Waals surface area contributed by atoms with Gasteiger partial charge >= 0.3 is 6.18 Å². The molecule has 154 valence electrons. The van der Waals surface area contributed by atoms with Gasteiger partial charge in [-0.15, -0.1) is 0 Å². The molecule has 10 heteroatoms. The molecule has 0 spiro atoms. The van der Waals surface area contributed by atoms with Crippen LogP contribution >= 0.6 is 23.2 Å². The number of carbonyl (C=O) groups is 1. The molecule has 0 saturated heterocycles. The highest BCUT2D eigenvalue weighted by Gasteiger charge is 2.63. The van der Waals surface area contributed by atoms with Crippen LogP contribution in [0.25, 0.3) is 0 Å². The van der Waals surface area contributed by atoms with Gasteiger partial charge in [-0.25, -0.2) is 0 Å². The monoisotopic (exact) mass is 438 g/mol. The smallest absolute Gasteiger partial charge is 0.438 e. The first-order chi connectivity index (χ1) is 13.1. The molecule has 0 unspecified atom stereocenters. The molecule has 1 N–H and O–H groups in total. The number of hydrogen-bond donors (Lipinski definition) is 1. The first-order valence-electron chi connectivity index (χ1n) is 8.89. The summed E-state index contributed by atoms with van der Waals surface area (Å²) in [5.41, 5.74) is -3.17. The molecule has 0 bridgehead atoms. The zero-order chi connectivity index (χ0) is 20.5. The first-order valence-corrected chi connectivity index (χ1v) is 9.65. The van der Waals surface area contributed by atoms with E-state index in [0.29, 0.717) is 17.9 Å². The van der Waals surface area contributed by atoms with Crippen LogP contribution in [0.4, 0.5) is 13.2 Å². The van der Waals surface area contributed by atoms with Gasteiger partial charge in [0.15, 0.2) is 6.61 Å². The van der Waals surface area contributed by atoms with Crippen molar-refractivity contribution < 1.29 is 27.8 Å². The third-order valence-electron chi connectivity index (χ3n) is 5.02. The van der Waals surface area contributed by atoms with Gasteiger partial charge in [0.05, 0.1) is 5.02 Å². The van der Waals surface area contributed by atoms with Crippen LogP contribution in [0.5, 0.6) is 5.75 Å². The van der Waals surface area contributed by atoms with Crippen molar-refractivity contribution in [3.8, 4) is 5.75 Å². The largest absolute Gasteiger partial charge is 0.482 e. The average molecular weight is 439 g/mol. The van der Waals surface area contributed by atoms with Gasteiger partial charge in [-0.2, -0.15) is 23.3 Å². The lowest BCUT2D eigenvalue weighted by atomic mass is 9.83. The molecular formula is C18H19Cl2F3N2O3. The number of rotatable bonds is 4. The Hall–Kier alpha value is -1.51. The molecule has 28 heavy (non-hydrogen) atoms. The Bertz CT molecular complexity index is 782. The van der Waals surface area contributed by atoms with Crippen molar-refractivity contribution in [1.29, 1.82) is 0 Å². The Labute approximate surface area is 170 Å². The van der Waals surface area contributed by atoms with Crippen LogP contribution in [0.3, 0.4) is 0 Å². The van der Waals surface area contributed by atoms with Crippen LogP contribution in [0.15, 0.2) is 23.3 Å². The number of aliphatic hydroxyl groups is 1. The molecule has 0 aromatic heterocycles. The summed E-state index contributed by atoms with van der Waals surface area (Å²) in [4.78, 5) is 12.5. The van der Waals surface area contributed by atoms with Crippen molar-refractivity contribution in [2.45, 2.75) is 50.4 Å². The number of carbonyl (C=O) groups excluding carboxylic acids is 1. The molecule has 2 aliphatic rings. The highest BCUT2D eigenvalue weighted by Crippen LogP contribution is 2.43. The van der Waals surface area contributed by atoms with Crippen molar-refractivity contribution in [2.24, 2.45) is 11.0 Å². The maximum absolute atomic E-state index is 13.6. The third kappa shape index (κ3) is 4.23. The number of benzene rings is 1. The summed E-state index contributed by atoms with van der Waals surface area (Å²) in [5.74, 6) is -1.19. The van der Waals surface area contributed by atoms with Gasteiger partial charge in [0.1, 0.15) is 5.75 Å². The molecule has 1 fully saturated rings. The van der Waals surface area contributed by atoms with Crippen LogP contribution in [-0.2, 0) is 4.79 Å². The molecule has 1 aromatic carbocycles. The molecule has 1 amide bonds. The fourth-order valence-electron chi connectivity index (χ4n) is 3.51. The van der Waals surface area contributed by atoms with Crippen molar-refractivity contribution >= 4 is 34.8 Å². The molecule has 1 aliphatic carbocycles. The first kappa shape index (κ1) is 21.2. The zero-order valence-electron chi connectivity index (χ0n) is 14.8. The van der Waals surface area contributed by atoms with Crippen LogP contribution < -0.4 is 4.74 Å². The summed E-state index contributed by atoms with van der Waals surface area (Å²) in [5, 5.41) is 14.8. The van der Waals surface area contributed by atoms with E-state index in [1.807, 2.05) is 0 Å². The number of ether oxygens (including phenoxy) is 1. The van der Waals surface area contributed by atoms with E-state index in [1.54, 1.807) is 0 Å². The quantitative estimate of drug-likeness (QED) is 0.734. The van der Waals surface area contributed by atoms with Gasteiger partial charge in [0, 0.05) is 17.2 Å². The summed E-state index contributed by atoms with van der Waals surface area (Å²) >= 11 is 11.7. The Morgan fingerprint density at radius 1 is 1.29 bits per heavy atom. The van der Waals surface area contributed by atoms with Crippen LogP contribution in [-0.4, -0.2) is 40.2 Å². The molecular weight excluding hydrogens is 420 g/mol. The van der Waals surface area contributed by atoms with E-state index < -0.39 is 30.8 Å². The number of alkyl halides is 3. The van der Waals surface area contributed by atoms with Crippen LogP contribution in [0, 0.1) is 5.92 Å². The molecule has 1 atom stereocenters. The van der Waals surface area contributed by atoms with Gasteiger partial charge < -0.3 is 9.84 Å². The van der Waals surface area contributed by atoms with Crippen molar-refractivity contribution in [2.75, 3.05) is 6.61 Å². The van der Waals surface area contributed by atoms with E-state index in [9.17, 15) is 23.1 Å². The van der Waals surface area contributed by atoms with Crippen molar-refractivity contribution in [3.05, 3.63) is 28.2 Å². The second-order valence-corrected chi connectivity index (χ2v) is 7.83. The SMILES string of the molecule is O=C(COc1ccc(Cl)cc1Cl)N1N=C(C2CCCCC2)C[C@@]1(O)C(F)(F)F. The minimum absolute atomic E-state index is 0.0886. The molecule has 3 rings (SSSR count). The number of amides is 1. The Morgan fingerprint density at radius 2 is 1.96 bits per heavy atom. The maximum Gasteiger partial charge on any atom is 0.438 e. The van der Waals surface area contributed by atoms with Gasteiger partial charge in [0.25, 0.3) is 11.6 Å². The normalized spacial score (nSPS) is 23.6. The fraction of sp³-hybridized carbons (Fsp3) is 0.556. The summed E-state index contributed by atoms with van der Waals surface area (Å²) in [6.07, 6.45) is -1.60. The summed E-state index contributed by atoms with van der Waals surface area (Å²) in [6.45, 7) is -0.763. The molecule has 1 aliphatic heterocycles. The zero-order valence-corrected chi connectivity index (χ0v) is 16.3. The Balaban J connectivity index is 1.78. The van der Waals surface area contributed by atoms with E-state index in [1.165, 1.54) is 18.2 Å². The molecule has 1 saturated carbocycles. The lowest BCUT2D eigenvalue weighted by Crippen LogP contribution is -2.57. The number of nitrogens with zero attached hydrogens (tertiary/aromatic N) is 2. The predicted octanol–water partition coefficient (Wildman–Crippen LogP) is 4.79. The van der Waals surface area contributed by atoms with Crippen LogP contribution in [0.1, 0.15) is 38.5 Å². The lowest BCUT2D eigenvalue weighted by Gasteiger charge is -2.32. The second kappa shape index (κ2) is 8.08. The maximum atomic E-state index is 13.6. The molecule has 1 heterocycles. The van der Waals surface area contributed by atoms with Gasteiger partial charge in [0.2, 0.25) is 0 Å². The number of hydrogen-bond acceptors (Lipinski definition) is 4. The van der Waals surface area contributed by atoms with Gasteiger partial charge in [-0.3, -0.25) is 4.79 Å². The predicted molar refractivity (Wildman–Crippen MR) is 98.4 cm³/mol. The van der Waals surface area contributed by atoms with Gasteiger partial charge in [-0.05, 0) is 37.0 Å². The standard InChI is InChI=1S/C18H19Cl2F3N2O3/c19-12-6-7-15(13(20)8-12)28-10-16(26)25-17(27,18(21,22)23)9-14(24-25)11-4-2-1-3-5-11/h6-8,11,27H,1-5,9-10H2/t17-/m1/s1. The summed E-state index contributed by atoms with van der Waals surface area (Å²) < 4.78 is 45.9. The van der Waals surface area contributed by atoms with Crippen molar-refractivity contribution in [3.63, 3.8) is 0 Å². The van der Waals surface area contributed by atoms with Gasteiger partial charge in [-0.1, -0.05) is 42.5 Å². The lowest BCUT2D eigenvalue weighted by molar-refractivity contribution is -0.302. The number of halogens is 5. The Morgan fingerprint density at radius 3 is 2.57 bits per heavy atom. The highest BCUT2D eigenvalue weighted by molar-refractivity contribution is 6.35.